The third-order valence-corrected chi connectivity index (χ3v) is 3.66. The van der Waals surface area contributed by atoms with Gasteiger partial charge in [-0.1, -0.05) is 18.2 Å². The number of hydroxylamine groups is 2. The maximum atomic E-state index is 11.7. The minimum Gasteiger partial charge on any atom is -0.747 e. The van der Waals surface area contributed by atoms with Crippen molar-refractivity contribution in [3.05, 3.63) is 35.9 Å². The summed E-state index contributed by atoms with van der Waals surface area (Å²) in [4.78, 5) is 39.2. The maximum Gasteiger partial charge on any atom is 1.00 e. The molecule has 10 heteroatoms. The maximum absolute atomic E-state index is 11.7. The van der Waals surface area contributed by atoms with Crippen molar-refractivity contribution >= 4 is 27.9 Å². The van der Waals surface area contributed by atoms with E-state index >= 15 is 0 Å². The average molecular weight is 327 g/mol. The van der Waals surface area contributed by atoms with Gasteiger partial charge < -0.3 is 9.39 Å². The molecule has 2 rings (SSSR count). The Balaban J connectivity index is 0.00000220. The Morgan fingerprint density at radius 1 is 1.24 bits per heavy atom. The van der Waals surface area contributed by atoms with Crippen molar-refractivity contribution in [2.45, 2.75) is 11.7 Å². The van der Waals surface area contributed by atoms with Gasteiger partial charge in [0.05, 0.1) is 12.0 Å². The van der Waals surface area contributed by atoms with Crippen molar-refractivity contribution in [2.24, 2.45) is 0 Å². The number of amides is 2. The van der Waals surface area contributed by atoms with Gasteiger partial charge in [0, 0.05) is 0 Å². The first kappa shape index (κ1) is 17.8. The zero-order chi connectivity index (χ0) is 14.9. The van der Waals surface area contributed by atoms with Crippen LogP contribution in [-0.4, -0.2) is 41.1 Å². The molecule has 1 aliphatic rings. The van der Waals surface area contributed by atoms with Crippen molar-refractivity contribution in [3.63, 3.8) is 0 Å². The molecule has 21 heavy (non-hydrogen) atoms. The number of hydrogen-bond acceptors (Lipinski definition) is 7. The SMILES string of the molecule is O=C(ON1C(=O)CC(S(=O)(=O)[O-])C1=O)[13c]1[13cH][13cH][13cH][13cH][13cH]1.[Na+]. The molecule has 8 nitrogen and oxygen atoms in total. The number of nitrogens with zero attached hydrogens (tertiary/aromatic N) is 1. The Hall–Kier alpha value is -1.26. The van der Waals surface area contributed by atoms with Crippen LogP contribution in [0.25, 0.3) is 0 Å². The minimum atomic E-state index is -4.97. The number of rotatable bonds is 3. The van der Waals surface area contributed by atoms with Gasteiger partial charge in [-0.15, -0.1) is 5.06 Å². The molecule has 1 atom stereocenters. The fraction of sp³-hybridized carbons (Fsp3) is 0.182. The first-order valence-corrected chi connectivity index (χ1v) is 6.86. The Kier molecular flexibility index (Phi) is 5.65. The monoisotopic (exact) mass is 327 g/mol. The van der Waals surface area contributed by atoms with E-state index in [-0.39, 0.29) is 40.2 Å². The zero-order valence-electron chi connectivity index (χ0n) is 10.9. The number of carbonyl (C=O) groups is 3. The van der Waals surface area contributed by atoms with E-state index in [2.05, 4.69) is 4.84 Å². The van der Waals surface area contributed by atoms with Crippen LogP contribution in [0.4, 0.5) is 0 Å². The summed E-state index contributed by atoms with van der Waals surface area (Å²) in [5, 5.41) is -2.02. The average Bonchev–Trinajstić information content (AvgIpc) is 2.67. The molecular formula is C11H8NNaO7S. The second kappa shape index (κ2) is 6.67. The van der Waals surface area contributed by atoms with Gasteiger partial charge in [-0.2, -0.15) is 0 Å². The van der Waals surface area contributed by atoms with Crippen molar-refractivity contribution < 1.29 is 61.7 Å². The third-order valence-electron chi connectivity index (χ3n) is 2.59. The van der Waals surface area contributed by atoms with Gasteiger partial charge in [0.15, 0.2) is 0 Å². The topological polar surface area (TPSA) is 121 Å². The normalized spacial score (nSPS) is 18.3. The molecule has 0 aromatic heterocycles. The largest absolute Gasteiger partial charge is 1.00 e. The Morgan fingerprint density at radius 2 is 1.81 bits per heavy atom. The van der Waals surface area contributed by atoms with E-state index in [1.807, 2.05) is 0 Å². The number of benzene rings is 1. The molecule has 1 fully saturated rings. The standard InChI is InChI=1S/C11H9NO7S.Na/c13-9-6-8(20(16,17)18)10(14)12(9)19-11(15)7-4-2-1-3-5-7;/h1-5,8H,6H2,(H,16,17,18);/q;+1/p-1/i1+1,2+1,3+1,4+1,5+1,7+1;. The molecule has 1 heterocycles. The van der Waals surface area contributed by atoms with E-state index in [4.69, 9.17) is 0 Å². The van der Waals surface area contributed by atoms with E-state index in [1.54, 1.807) is 6.07 Å². The summed E-state index contributed by atoms with van der Waals surface area (Å²) in [6.07, 6.45) is -0.827. The summed E-state index contributed by atoms with van der Waals surface area (Å²) >= 11 is 0. The van der Waals surface area contributed by atoms with E-state index in [1.165, 1.54) is 24.3 Å². The predicted molar refractivity (Wildman–Crippen MR) is 61.8 cm³/mol. The zero-order valence-corrected chi connectivity index (χ0v) is 13.7. The van der Waals surface area contributed by atoms with Crippen LogP contribution in [-0.2, 0) is 24.5 Å². The molecule has 1 aromatic carbocycles. The van der Waals surface area contributed by atoms with E-state index in [0.717, 1.165) is 0 Å². The van der Waals surface area contributed by atoms with Crippen molar-refractivity contribution in [3.8, 4) is 0 Å². The number of hydrogen-bond donors (Lipinski definition) is 0. The van der Waals surface area contributed by atoms with E-state index in [0.29, 0.717) is 0 Å². The molecule has 1 unspecified atom stereocenters. The third kappa shape index (κ3) is 3.89. The molecule has 106 valence electrons. The van der Waals surface area contributed by atoms with Gasteiger partial charge in [0.1, 0.15) is 15.4 Å². The van der Waals surface area contributed by atoms with Gasteiger partial charge >= 0.3 is 35.5 Å². The minimum absolute atomic E-state index is 0. The second-order valence-corrected chi connectivity index (χ2v) is 5.51. The second-order valence-electron chi connectivity index (χ2n) is 3.96. The van der Waals surface area contributed by atoms with Gasteiger partial charge in [0.25, 0.3) is 11.8 Å². The molecule has 0 bridgehead atoms. The summed E-state index contributed by atoms with van der Waals surface area (Å²) in [7, 11) is -4.97. The van der Waals surface area contributed by atoms with Crippen LogP contribution < -0.4 is 29.6 Å². The molecule has 0 radical (unpaired) electrons. The molecule has 0 aliphatic carbocycles. The van der Waals surface area contributed by atoms with Crippen LogP contribution in [0.2, 0.25) is 0 Å². The Bertz CT molecular complexity index is 673. The van der Waals surface area contributed by atoms with Crippen LogP contribution in [0.1, 0.15) is 16.8 Å². The summed E-state index contributed by atoms with van der Waals surface area (Å²) in [6, 6.07) is 7.48. The van der Waals surface area contributed by atoms with Crippen LogP contribution in [0.3, 0.4) is 0 Å². The van der Waals surface area contributed by atoms with Crippen molar-refractivity contribution in [2.75, 3.05) is 0 Å². The van der Waals surface area contributed by atoms with E-state index < -0.39 is 39.6 Å². The molecule has 1 saturated heterocycles. The molecule has 1 aromatic rings. The molecule has 2 amide bonds. The summed E-state index contributed by atoms with van der Waals surface area (Å²) in [5.74, 6) is -3.41. The van der Waals surface area contributed by atoms with Crippen LogP contribution in [0.5, 0.6) is 0 Å². The summed E-state index contributed by atoms with van der Waals surface area (Å²) < 4.78 is 32.4. The van der Waals surface area contributed by atoms with Crippen molar-refractivity contribution in [1.82, 2.24) is 5.06 Å². The van der Waals surface area contributed by atoms with Gasteiger partial charge in [-0.3, -0.25) is 9.59 Å². The first-order valence-electron chi connectivity index (χ1n) is 5.39. The van der Waals surface area contributed by atoms with Crippen molar-refractivity contribution in [1.29, 1.82) is 0 Å². The Labute approximate surface area is 142 Å². The predicted octanol–water partition coefficient (Wildman–Crippen LogP) is -3.56. The van der Waals surface area contributed by atoms with Crippen LogP contribution in [0.15, 0.2) is 30.3 Å². The van der Waals surface area contributed by atoms with E-state index in [9.17, 15) is 27.4 Å². The molecule has 1 aliphatic heterocycles. The van der Waals surface area contributed by atoms with Gasteiger partial charge in [0.2, 0.25) is 0 Å². The smallest absolute Gasteiger partial charge is 0.747 e. The molecule has 0 N–H and O–H groups in total. The van der Waals surface area contributed by atoms with Crippen LogP contribution >= 0.6 is 0 Å². The summed E-state index contributed by atoms with van der Waals surface area (Å²) in [6.45, 7) is 0. The fourth-order valence-electron chi connectivity index (χ4n) is 1.61. The molecular weight excluding hydrogens is 319 g/mol. The molecule has 0 spiro atoms. The van der Waals surface area contributed by atoms with Gasteiger partial charge in [-0.25, -0.2) is 13.2 Å². The van der Waals surface area contributed by atoms with Crippen LogP contribution in [0, 0.1) is 0 Å². The Morgan fingerprint density at radius 3 is 2.29 bits per heavy atom. The molecule has 0 saturated carbocycles. The first-order chi connectivity index (χ1) is 9.30. The number of imide groups is 1. The fourth-order valence-corrected chi connectivity index (χ4v) is 2.30. The summed E-state index contributed by atoms with van der Waals surface area (Å²) in [5.41, 5.74) is 0.0709. The quantitative estimate of drug-likeness (QED) is 0.320. The van der Waals surface area contributed by atoms with Gasteiger partial charge in [-0.05, 0) is 12.1 Å². The number of carbonyl (C=O) groups excluding carboxylic acids is 3.